The number of nitrogens with two attached hydrogens (primary N) is 2. The van der Waals surface area contributed by atoms with Gasteiger partial charge in [-0.1, -0.05) is 104 Å². The van der Waals surface area contributed by atoms with Crippen LogP contribution in [0.1, 0.15) is 122 Å². The predicted octanol–water partition coefficient (Wildman–Crippen LogP) is 8.73. The lowest BCUT2D eigenvalue weighted by Crippen LogP contribution is -2.55. The number of hydrogen-bond acceptors (Lipinski definition) is 8. The molecule has 5 heterocycles. The van der Waals surface area contributed by atoms with Crippen molar-refractivity contribution in [1.82, 2.24) is 0 Å². The molecule has 0 aromatic heterocycles. The molecule has 4 aliphatic carbocycles. The average Bonchev–Trinajstić information content (AvgIpc) is 3.67. The molecule has 5 aliphatic heterocycles. The smallest absolute Gasteiger partial charge is 0.268 e. The number of guanidine groups is 1. The first kappa shape index (κ1) is 46.9. The lowest BCUT2D eigenvalue weighted by Gasteiger charge is -2.49. The maximum Gasteiger partial charge on any atom is 0.268 e. The Kier molecular flexibility index (Phi) is 12.3. The predicted molar refractivity (Wildman–Crippen MR) is 269 cm³/mol. The van der Waals surface area contributed by atoms with E-state index in [-0.39, 0.29) is 72.3 Å². The van der Waals surface area contributed by atoms with Crippen LogP contribution in [-0.2, 0) is 33.4 Å². The second-order valence-electron chi connectivity index (χ2n) is 21.7. The van der Waals surface area contributed by atoms with Crippen LogP contribution in [-0.4, -0.2) is 57.8 Å². The summed E-state index contributed by atoms with van der Waals surface area (Å²) in [7, 11) is -4.67. The van der Waals surface area contributed by atoms with Crippen LogP contribution in [0.2, 0.25) is 0 Å². The van der Waals surface area contributed by atoms with Gasteiger partial charge in [-0.3, -0.25) is 4.55 Å². The highest BCUT2D eigenvalue weighted by Gasteiger charge is 2.58. The number of aliphatic hydroxyl groups excluding tert-OH is 1. The summed E-state index contributed by atoms with van der Waals surface area (Å²) in [5, 5.41) is 33.1. The van der Waals surface area contributed by atoms with E-state index < -0.39 is 44.6 Å². The lowest BCUT2D eigenvalue weighted by atomic mass is 9.62. The van der Waals surface area contributed by atoms with E-state index in [1.54, 1.807) is 12.1 Å². The molecular weight excluding hydrogens is 899 g/mol. The molecule has 0 spiro atoms. The normalized spacial score (nSPS) is 35.2. The molecule has 70 heavy (non-hydrogen) atoms. The third kappa shape index (κ3) is 8.45. The van der Waals surface area contributed by atoms with Crippen molar-refractivity contribution in [2.24, 2.45) is 57.9 Å². The molecule has 0 unspecified atom stereocenters. The van der Waals surface area contributed by atoms with E-state index in [2.05, 4.69) is 73.4 Å². The zero-order valence-electron chi connectivity index (χ0n) is 39.7. The molecule has 13 rings (SSSR count). The minimum Gasteiger partial charge on any atom is -0.508 e. The van der Waals surface area contributed by atoms with Crippen LogP contribution in [0.3, 0.4) is 0 Å². The number of benzene rings is 4. The first-order valence-electron chi connectivity index (χ1n) is 25.4. The Morgan fingerprint density at radius 2 is 1.74 bits per heavy atom. The monoisotopic (exact) mass is 963 g/mol. The summed E-state index contributed by atoms with van der Waals surface area (Å²) in [6, 6.07) is 29.6. The summed E-state index contributed by atoms with van der Waals surface area (Å²) in [6.07, 6.45) is 12.4. The van der Waals surface area contributed by atoms with Crippen LogP contribution < -0.4 is 16.2 Å². The molecule has 9 aliphatic rings. The van der Waals surface area contributed by atoms with Gasteiger partial charge in [0, 0.05) is 53.4 Å². The van der Waals surface area contributed by atoms with Crippen molar-refractivity contribution in [3.05, 3.63) is 154 Å². The van der Waals surface area contributed by atoms with Crippen LogP contribution in [0.15, 0.2) is 120 Å². The fourth-order valence-electron chi connectivity index (χ4n) is 14.3. The van der Waals surface area contributed by atoms with Gasteiger partial charge in [-0.25, -0.2) is 4.99 Å². The molecule has 12 heteroatoms. The number of aromatic hydroxyl groups is 1. The van der Waals surface area contributed by atoms with Crippen molar-refractivity contribution in [2.75, 3.05) is 6.61 Å². The van der Waals surface area contributed by atoms with Gasteiger partial charge >= 0.3 is 0 Å². The van der Waals surface area contributed by atoms with Crippen LogP contribution in [0.25, 0.3) is 0 Å². The molecule has 11 nitrogen and oxygen atoms in total. The van der Waals surface area contributed by atoms with E-state index in [4.69, 9.17) is 25.9 Å². The van der Waals surface area contributed by atoms with Crippen molar-refractivity contribution < 1.29 is 37.8 Å². The molecule has 1 saturated carbocycles. The Bertz CT molecular complexity index is 2910. The van der Waals surface area contributed by atoms with Gasteiger partial charge in [-0.05, 0) is 146 Å². The average molecular weight is 964 g/mol. The van der Waals surface area contributed by atoms with Gasteiger partial charge in [0.1, 0.15) is 17.6 Å². The first-order valence-corrected chi connectivity index (χ1v) is 26.9. The van der Waals surface area contributed by atoms with Crippen molar-refractivity contribution in [1.29, 1.82) is 0 Å². The highest BCUT2D eigenvalue weighted by molar-refractivity contribution is 7.86. The van der Waals surface area contributed by atoms with Gasteiger partial charge in [0.15, 0.2) is 5.96 Å². The third-order valence-electron chi connectivity index (χ3n) is 17.6. The Hall–Kier alpha value is -5.42. The fourth-order valence-corrected chi connectivity index (χ4v) is 15.4. The topological polar surface area (TPSA) is 198 Å². The van der Waals surface area contributed by atoms with E-state index >= 15 is 0 Å². The summed E-state index contributed by atoms with van der Waals surface area (Å²) < 4.78 is 54.9. The molecule has 366 valence electrons. The maximum atomic E-state index is 14.3. The minimum absolute atomic E-state index is 0.0378. The van der Waals surface area contributed by atoms with Gasteiger partial charge in [0.2, 0.25) is 5.72 Å². The van der Waals surface area contributed by atoms with Gasteiger partial charge in [0.05, 0.1) is 17.0 Å². The molecular formula is C58H65N3O8S. The van der Waals surface area contributed by atoms with Crippen LogP contribution in [0.5, 0.6) is 11.5 Å². The van der Waals surface area contributed by atoms with Gasteiger partial charge in [-0.15, -0.1) is 0 Å². The highest BCUT2D eigenvalue weighted by Crippen LogP contribution is 2.58. The maximum absolute atomic E-state index is 14.3. The summed E-state index contributed by atoms with van der Waals surface area (Å²) in [5.41, 5.74) is 17.5. The van der Waals surface area contributed by atoms with E-state index in [1.165, 1.54) is 0 Å². The Labute approximate surface area is 411 Å². The lowest BCUT2D eigenvalue weighted by molar-refractivity contribution is -0.104. The molecule has 0 radical (unpaired) electrons. The summed E-state index contributed by atoms with van der Waals surface area (Å²) in [5.74, 6) is 4.65. The molecule has 1 saturated heterocycles. The van der Waals surface area contributed by atoms with Crippen molar-refractivity contribution in [3.63, 3.8) is 0 Å². The number of aliphatic imine (C=N–C) groups is 1. The number of aliphatic hydroxyl groups is 2. The SMILES string of the molecule is C[C@H]1CCc2cc3ccc2[C@H]1C[C@@H](S(=O)(=O)O)[C@H]1C=C2C[C@H](C[C@H]4C[C@@H](CO)CC#Cc5cc(O)ccc5[C@@H]2O4)[C@@H]1c1ccc(cc1)[C@](N=C(N)N)([C@H]1C=C[C@@H]2CCC[C@]2(O)[C@@H]1Cc1ccccc1)O3. The number of ether oxygens (including phenoxy) is 2. The Morgan fingerprint density at radius 1 is 0.943 bits per heavy atom. The van der Waals surface area contributed by atoms with Crippen LogP contribution in [0, 0.1) is 53.3 Å². The van der Waals surface area contributed by atoms with Gasteiger partial charge in [-0.2, -0.15) is 8.42 Å². The summed E-state index contributed by atoms with van der Waals surface area (Å²) in [6.45, 7) is 2.11. The quantitative estimate of drug-likeness (QED) is 0.0357. The molecule has 8 N–H and O–H groups in total. The third-order valence-corrected chi connectivity index (χ3v) is 18.9. The molecule has 10 bridgehead atoms. The Balaban J connectivity index is 1.13. The van der Waals surface area contributed by atoms with E-state index in [9.17, 15) is 28.3 Å². The summed E-state index contributed by atoms with van der Waals surface area (Å²) in [4.78, 5) is 5.16. The number of fused-ring (bicyclic) bond motifs is 10. The number of hydrogen-bond donors (Lipinski definition) is 6. The largest absolute Gasteiger partial charge is 0.508 e. The van der Waals surface area contributed by atoms with E-state index in [0.29, 0.717) is 55.4 Å². The summed E-state index contributed by atoms with van der Waals surface area (Å²) >= 11 is 0. The number of rotatable bonds is 6. The minimum atomic E-state index is -4.67. The molecule has 14 atom stereocenters. The van der Waals surface area contributed by atoms with Gasteiger partial charge in [0.25, 0.3) is 10.1 Å². The van der Waals surface area contributed by atoms with E-state index in [1.807, 2.05) is 42.5 Å². The zero-order valence-corrected chi connectivity index (χ0v) is 40.6. The molecule has 4 aromatic rings. The Morgan fingerprint density at radius 3 is 2.51 bits per heavy atom. The second-order valence-corrected chi connectivity index (χ2v) is 23.3. The van der Waals surface area contributed by atoms with Crippen molar-refractivity contribution >= 4 is 16.1 Å². The second kappa shape index (κ2) is 18.3. The van der Waals surface area contributed by atoms with Gasteiger partial charge < -0.3 is 36.3 Å². The number of phenolic OH excluding ortho intramolecular Hbond substituents is 1. The first-order chi connectivity index (χ1) is 33.7. The van der Waals surface area contributed by atoms with Crippen molar-refractivity contribution in [2.45, 2.75) is 118 Å². The molecule has 4 aromatic carbocycles. The van der Waals surface area contributed by atoms with Crippen LogP contribution in [0.4, 0.5) is 0 Å². The van der Waals surface area contributed by atoms with Crippen molar-refractivity contribution in [3.8, 4) is 23.3 Å². The molecule has 0 amide bonds. The van der Waals surface area contributed by atoms with Crippen LogP contribution >= 0.6 is 0 Å². The zero-order chi connectivity index (χ0) is 48.5. The molecule has 2 fully saturated rings. The number of allylic oxidation sites excluding steroid dienone is 1. The highest BCUT2D eigenvalue weighted by atomic mass is 32.2. The number of nitrogens with zero attached hydrogens (tertiary/aromatic N) is 1. The number of aryl methyl sites for hydroxylation is 1. The standard InChI is InChI=1S/C58H65N3O8S/c1-34-12-13-39-29-45-20-22-47(39)49(34)32-53(70(65,66)67)50-31-41-27-40(30-46-25-36(33-62)9-5-10-38-28-44(63)19-21-48(38)55(41)68-46)54(50)37-14-16-43(17-15-37)58(69-45,61-56(59)60)51-23-18-42-11-6-24-57(42,64)52(51)26-35-7-3-2-4-8-35/h2-4,7-8,14-23,28-29,31,34,36,40,42,46,49-55,62-64H,6,9,11-13,24-27,30,32-33H2,1H3,(H4,59,60,61)(H,65,66,67)/t34-,36-,40+,42-,46+,49-,50+,51-,52+,53+,54-,55+,57+,58+/m0/s1. The van der Waals surface area contributed by atoms with E-state index in [0.717, 1.165) is 59.1 Å². The number of phenols is 1. The fraction of sp³-hybridized carbons (Fsp3) is 0.466.